The fourth-order valence-electron chi connectivity index (χ4n) is 5.06. The zero-order chi connectivity index (χ0) is 22.1. The Morgan fingerprint density at radius 1 is 0.871 bits per heavy atom. The van der Waals surface area contributed by atoms with E-state index in [4.69, 9.17) is 0 Å². The Hall–Kier alpha value is -2.35. The van der Waals surface area contributed by atoms with Gasteiger partial charge in [-0.25, -0.2) is 9.55 Å². The second-order valence-corrected chi connectivity index (χ2v) is 9.55. The molecule has 2 atom stereocenters. The van der Waals surface area contributed by atoms with E-state index in [0.29, 0.717) is 12.0 Å². The predicted molar refractivity (Wildman–Crippen MR) is 131 cm³/mol. The number of rotatable bonds is 12. The summed E-state index contributed by atoms with van der Waals surface area (Å²) < 4.78 is 2.45. The maximum Gasteiger partial charge on any atom is 0.258 e. The first-order chi connectivity index (χ1) is 15.1. The first-order valence-electron chi connectivity index (χ1n) is 12.2. The average molecular weight is 418 g/mol. The van der Waals surface area contributed by atoms with E-state index in [0.717, 1.165) is 6.42 Å². The number of hydrogen-bond donors (Lipinski definition) is 1. The van der Waals surface area contributed by atoms with E-state index in [1.54, 1.807) is 0 Å². The Kier molecular flexibility index (Phi) is 8.51. The number of H-pyrrole nitrogens is 1. The molecule has 3 aromatic rings. The molecule has 166 valence electrons. The predicted octanol–water partition coefficient (Wildman–Crippen LogP) is 7.53. The Morgan fingerprint density at radius 2 is 1.52 bits per heavy atom. The molecule has 2 nitrogen and oxygen atoms in total. The van der Waals surface area contributed by atoms with Crippen LogP contribution in [-0.2, 0) is 11.8 Å². The first kappa shape index (κ1) is 23.3. The Bertz CT molecular complexity index is 881. The number of aromatic amines is 1. The molecule has 2 aromatic carbocycles. The molecule has 0 aliphatic carbocycles. The molecule has 2 unspecified atom stereocenters. The number of aromatic nitrogens is 2. The summed E-state index contributed by atoms with van der Waals surface area (Å²) in [6, 6.07) is 22.7. The summed E-state index contributed by atoms with van der Waals surface area (Å²) in [7, 11) is 0. The molecule has 0 bridgehead atoms. The van der Waals surface area contributed by atoms with Gasteiger partial charge in [-0.3, -0.25) is 0 Å². The van der Waals surface area contributed by atoms with Gasteiger partial charge in [-0.2, -0.15) is 0 Å². The standard InChI is InChI=1S/C29H40N2/c1-5-6-7-8-15-20-27(28-30-21-22-31(28)24(2)3)29(4,26-18-13-10-14-19-26)23-25-16-11-9-12-17-25/h9-14,16-19,21-22,24,27H,5-8,15,20,23H2,1-4H3/p+1. The van der Waals surface area contributed by atoms with E-state index in [1.165, 1.54) is 55.5 Å². The molecule has 0 fully saturated rings. The Labute approximate surface area is 189 Å². The highest BCUT2D eigenvalue weighted by Gasteiger charge is 2.42. The van der Waals surface area contributed by atoms with Crippen LogP contribution in [0.4, 0.5) is 0 Å². The lowest BCUT2D eigenvalue weighted by molar-refractivity contribution is -0.723. The molecule has 1 heterocycles. The van der Waals surface area contributed by atoms with Crippen molar-refractivity contribution in [1.82, 2.24) is 4.98 Å². The molecule has 0 saturated heterocycles. The summed E-state index contributed by atoms with van der Waals surface area (Å²) in [5.41, 5.74) is 2.85. The lowest BCUT2D eigenvalue weighted by Crippen LogP contribution is -2.45. The molecule has 0 spiro atoms. The van der Waals surface area contributed by atoms with Gasteiger partial charge in [0.2, 0.25) is 0 Å². The lowest BCUT2D eigenvalue weighted by Gasteiger charge is -2.37. The minimum absolute atomic E-state index is 0.00879. The number of hydrogen-bond acceptors (Lipinski definition) is 0. The molecular formula is C29H41N2+. The number of benzene rings is 2. The second kappa shape index (κ2) is 11.3. The van der Waals surface area contributed by atoms with Gasteiger partial charge in [0.05, 0.1) is 12.0 Å². The van der Waals surface area contributed by atoms with Crippen LogP contribution in [-0.4, -0.2) is 4.98 Å². The summed E-state index contributed by atoms with van der Waals surface area (Å²) in [6.07, 6.45) is 13.2. The van der Waals surface area contributed by atoms with Gasteiger partial charge in [-0.05, 0) is 37.8 Å². The van der Waals surface area contributed by atoms with E-state index < -0.39 is 0 Å². The van der Waals surface area contributed by atoms with Gasteiger partial charge in [0, 0.05) is 5.41 Å². The summed E-state index contributed by atoms with van der Waals surface area (Å²) in [5.74, 6) is 1.79. The van der Waals surface area contributed by atoms with Crippen molar-refractivity contribution >= 4 is 0 Å². The van der Waals surface area contributed by atoms with Gasteiger partial charge in [0.25, 0.3) is 5.82 Å². The van der Waals surface area contributed by atoms with E-state index in [1.807, 2.05) is 0 Å². The normalized spacial score (nSPS) is 14.5. The number of nitrogens with zero attached hydrogens (tertiary/aromatic N) is 1. The fourth-order valence-corrected chi connectivity index (χ4v) is 5.06. The molecule has 0 aliphatic rings. The van der Waals surface area contributed by atoms with Crippen LogP contribution >= 0.6 is 0 Å². The highest BCUT2D eigenvalue weighted by molar-refractivity contribution is 5.32. The van der Waals surface area contributed by atoms with Crippen molar-refractivity contribution < 1.29 is 4.57 Å². The SMILES string of the molecule is CCCCCCCC(c1[nH]cc[n+]1C(C)C)C(C)(Cc1ccccc1)c1ccccc1. The van der Waals surface area contributed by atoms with Crippen molar-refractivity contribution in [2.45, 2.75) is 90.0 Å². The van der Waals surface area contributed by atoms with E-state index in [-0.39, 0.29) is 5.41 Å². The lowest BCUT2D eigenvalue weighted by atomic mass is 9.66. The zero-order valence-electron chi connectivity index (χ0n) is 20.0. The van der Waals surface area contributed by atoms with Gasteiger partial charge >= 0.3 is 0 Å². The largest absolute Gasteiger partial charge is 0.258 e. The molecular weight excluding hydrogens is 376 g/mol. The average Bonchev–Trinajstić information content (AvgIpc) is 3.27. The number of unbranched alkanes of at least 4 members (excludes halogenated alkanes) is 4. The topological polar surface area (TPSA) is 19.7 Å². The molecule has 3 rings (SSSR count). The maximum absolute atomic E-state index is 3.66. The molecule has 1 aromatic heterocycles. The van der Waals surface area contributed by atoms with Crippen LogP contribution in [0.2, 0.25) is 0 Å². The quantitative estimate of drug-likeness (QED) is 0.232. The summed E-state index contributed by atoms with van der Waals surface area (Å²) in [4.78, 5) is 3.66. The fraction of sp³-hybridized carbons (Fsp3) is 0.483. The van der Waals surface area contributed by atoms with Crippen molar-refractivity contribution in [3.8, 4) is 0 Å². The van der Waals surface area contributed by atoms with Crippen LogP contribution in [0.15, 0.2) is 73.1 Å². The van der Waals surface area contributed by atoms with Gasteiger partial charge < -0.3 is 0 Å². The van der Waals surface area contributed by atoms with Crippen molar-refractivity contribution in [2.75, 3.05) is 0 Å². The summed E-state index contributed by atoms with van der Waals surface area (Å²) >= 11 is 0. The van der Waals surface area contributed by atoms with E-state index in [9.17, 15) is 0 Å². The maximum atomic E-state index is 3.66. The third kappa shape index (κ3) is 5.87. The van der Waals surface area contributed by atoms with Crippen LogP contribution in [0.3, 0.4) is 0 Å². The van der Waals surface area contributed by atoms with Crippen LogP contribution in [0, 0.1) is 0 Å². The first-order valence-corrected chi connectivity index (χ1v) is 12.2. The van der Waals surface area contributed by atoms with E-state index >= 15 is 0 Å². The summed E-state index contributed by atoms with van der Waals surface area (Å²) in [6.45, 7) is 9.34. The van der Waals surface area contributed by atoms with Gasteiger partial charge in [-0.1, -0.05) is 107 Å². The Balaban J connectivity index is 2.02. The number of nitrogens with one attached hydrogen (secondary N) is 1. The molecule has 0 saturated carbocycles. The third-order valence-corrected chi connectivity index (χ3v) is 6.84. The van der Waals surface area contributed by atoms with Crippen LogP contribution < -0.4 is 4.57 Å². The molecule has 1 N–H and O–H groups in total. The highest BCUT2D eigenvalue weighted by Crippen LogP contribution is 2.43. The number of imidazole rings is 1. The third-order valence-electron chi connectivity index (χ3n) is 6.84. The van der Waals surface area contributed by atoms with Crippen molar-refractivity contribution in [3.63, 3.8) is 0 Å². The van der Waals surface area contributed by atoms with E-state index in [2.05, 4.69) is 110 Å². The Morgan fingerprint density at radius 3 is 2.16 bits per heavy atom. The van der Waals surface area contributed by atoms with Gasteiger partial charge in [-0.15, -0.1) is 0 Å². The van der Waals surface area contributed by atoms with Gasteiger partial charge in [0.1, 0.15) is 12.4 Å². The minimum atomic E-state index is 0.00879. The minimum Gasteiger partial charge on any atom is -0.247 e. The second-order valence-electron chi connectivity index (χ2n) is 9.55. The molecule has 31 heavy (non-hydrogen) atoms. The van der Waals surface area contributed by atoms with Crippen LogP contribution in [0.25, 0.3) is 0 Å². The monoisotopic (exact) mass is 417 g/mol. The molecule has 2 heteroatoms. The van der Waals surface area contributed by atoms with Crippen molar-refractivity contribution in [1.29, 1.82) is 0 Å². The van der Waals surface area contributed by atoms with Crippen LogP contribution in [0.1, 0.15) is 95.1 Å². The van der Waals surface area contributed by atoms with Crippen molar-refractivity contribution in [3.05, 3.63) is 90.0 Å². The molecule has 0 aliphatic heterocycles. The zero-order valence-corrected chi connectivity index (χ0v) is 20.0. The molecule has 0 radical (unpaired) electrons. The summed E-state index contributed by atoms with van der Waals surface area (Å²) in [5, 5.41) is 0. The van der Waals surface area contributed by atoms with Gasteiger partial charge in [0.15, 0.2) is 0 Å². The molecule has 0 amide bonds. The smallest absolute Gasteiger partial charge is 0.247 e. The van der Waals surface area contributed by atoms with Crippen molar-refractivity contribution in [2.24, 2.45) is 0 Å². The highest BCUT2D eigenvalue weighted by atomic mass is 15.1. The van der Waals surface area contributed by atoms with Crippen LogP contribution in [0.5, 0.6) is 0 Å².